The van der Waals surface area contributed by atoms with Gasteiger partial charge in [0.05, 0.1) is 19.8 Å². The van der Waals surface area contributed by atoms with Crippen LogP contribution in [0.25, 0.3) is 0 Å². The highest BCUT2D eigenvalue weighted by Crippen LogP contribution is 2.26. The second kappa shape index (κ2) is 45.0. The third-order valence-corrected chi connectivity index (χ3v) is 13.2. The third kappa shape index (κ3) is 31.9. The number of ether oxygens (including phenoxy) is 6. The molecule has 2 aliphatic rings. The first-order valence-electron chi connectivity index (χ1n) is 28.5. The Kier molecular flexibility index (Phi) is 40.8. The smallest absolute Gasteiger partial charge is 0.306 e. The molecule has 7 N–H and O–H groups in total. The summed E-state index contributed by atoms with van der Waals surface area (Å²) in [6.45, 7) is 2.44. The molecule has 0 radical (unpaired) electrons. The number of esters is 2. The summed E-state index contributed by atoms with van der Waals surface area (Å²) < 4.78 is 33.7. The number of hydrogen-bond donors (Lipinski definition) is 7. The van der Waals surface area contributed by atoms with E-state index in [2.05, 4.69) is 86.8 Å². The second-order valence-corrected chi connectivity index (χ2v) is 19.7. The first-order chi connectivity index (χ1) is 36.0. The van der Waals surface area contributed by atoms with Gasteiger partial charge in [-0.05, 0) is 83.5 Å². The van der Waals surface area contributed by atoms with Gasteiger partial charge in [0.15, 0.2) is 18.7 Å². The Labute approximate surface area is 444 Å². The monoisotopic (exact) mass is 1050 g/mol. The van der Waals surface area contributed by atoms with Gasteiger partial charge in [-0.15, -0.1) is 0 Å². The Morgan fingerprint density at radius 1 is 0.446 bits per heavy atom. The minimum absolute atomic E-state index is 0.145. The van der Waals surface area contributed by atoms with Crippen LogP contribution in [0, 0.1) is 0 Å². The molecule has 0 aromatic rings. The van der Waals surface area contributed by atoms with Gasteiger partial charge in [-0.1, -0.05) is 170 Å². The van der Waals surface area contributed by atoms with Crippen LogP contribution < -0.4 is 0 Å². The number of rotatable bonds is 44. The van der Waals surface area contributed by atoms with Crippen LogP contribution in [0.5, 0.6) is 0 Å². The predicted octanol–water partition coefficient (Wildman–Crippen LogP) is 9.38. The van der Waals surface area contributed by atoms with Gasteiger partial charge < -0.3 is 64.2 Å². The van der Waals surface area contributed by atoms with Crippen molar-refractivity contribution < 1.29 is 73.8 Å². The largest absolute Gasteiger partial charge is 0.462 e. The van der Waals surface area contributed by atoms with E-state index in [1.54, 1.807) is 0 Å². The Balaban J connectivity index is 1.77. The van der Waals surface area contributed by atoms with E-state index in [9.17, 15) is 45.3 Å². The van der Waals surface area contributed by atoms with Crippen LogP contribution in [-0.4, -0.2) is 142 Å². The SMILES string of the molecule is CC/C=C\C/C=C\C/C=C\C/C=C\CCCCCCCCC(=O)OC(COC(=O)CCCCCCCCCCC/C=C\C/C=C\CCCCC)COC1OC(COC2OC(CO)C(O)C(O)C2O)C(O)C(O)C1O. The Bertz CT molecular complexity index is 1560. The molecule has 2 saturated heterocycles. The van der Waals surface area contributed by atoms with Crippen LogP contribution in [0.15, 0.2) is 72.9 Å². The maximum atomic E-state index is 13.1. The number of carbonyl (C=O) groups excluding carboxylic acids is 2. The molecule has 426 valence electrons. The van der Waals surface area contributed by atoms with E-state index >= 15 is 0 Å². The minimum atomic E-state index is -1.77. The topological polar surface area (TPSA) is 231 Å². The van der Waals surface area contributed by atoms with Crippen LogP contribution in [0.1, 0.15) is 194 Å². The van der Waals surface area contributed by atoms with Gasteiger partial charge in [-0.2, -0.15) is 0 Å². The first-order valence-corrected chi connectivity index (χ1v) is 28.5. The zero-order chi connectivity index (χ0) is 53.9. The van der Waals surface area contributed by atoms with Crippen LogP contribution in [0.3, 0.4) is 0 Å². The molecule has 0 saturated carbocycles. The lowest BCUT2D eigenvalue weighted by Gasteiger charge is -2.42. The lowest BCUT2D eigenvalue weighted by Crippen LogP contribution is -2.61. The predicted molar refractivity (Wildman–Crippen MR) is 289 cm³/mol. The fourth-order valence-corrected chi connectivity index (χ4v) is 8.53. The van der Waals surface area contributed by atoms with Crippen molar-refractivity contribution in [2.24, 2.45) is 0 Å². The van der Waals surface area contributed by atoms with E-state index in [0.29, 0.717) is 12.8 Å². The summed E-state index contributed by atoms with van der Waals surface area (Å²) in [5.41, 5.74) is 0. The standard InChI is InChI=1S/C59H100O15/c1-3-5-7-9-11-13-15-17-19-21-23-25-27-29-31-33-35-37-39-41-50(61)69-44-47(72-51(62)42-40-38-36-34-32-30-28-26-24-22-20-18-16-14-12-10-8-6-4-2)45-70-58-57(68)55(66)53(64)49(74-58)46-71-59-56(67)54(65)52(63)48(43-60)73-59/h6,8,11-14,17-20,24,26,47-49,52-60,63-68H,3-5,7,9-10,15-16,21-23,25,27-46H2,1-2H3/b8-6-,13-11-,14-12-,19-17-,20-18-,26-24-. The van der Waals surface area contributed by atoms with Crippen LogP contribution >= 0.6 is 0 Å². The molecule has 0 spiro atoms. The number of hydrogen-bond acceptors (Lipinski definition) is 15. The van der Waals surface area contributed by atoms with E-state index in [1.165, 1.54) is 57.8 Å². The molecule has 2 aliphatic heterocycles. The van der Waals surface area contributed by atoms with Crippen molar-refractivity contribution in [1.29, 1.82) is 0 Å². The Morgan fingerprint density at radius 2 is 0.851 bits per heavy atom. The number of carbonyl (C=O) groups is 2. The van der Waals surface area contributed by atoms with Crippen molar-refractivity contribution in [2.75, 3.05) is 26.4 Å². The maximum Gasteiger partial charge on any atom is 0.306 e. The fraction of sp³-hybridized carbons (Fsp3) is 0.763. The molecule has 11 unspecified atom stereocenters. The number of aliphatic hydroxyl groups is 7. The Hall–Kier alpha value is -3.06. The molecule has 0 aromatic carbocycles. The minimum Gasteiger partial charge on any atom is -0.462 e. The van der Waals surface area contributed by atoms with E-state index in [0.717, 1.165) is 96.3 Å². The fourth-order valence-electron chi connectivity index (χ4n) is 8.53. The molecule has 0 bridgehead atoms. The molecule has 15 heteroatoms. The zero-order valence-corrected chi connectivity index (χ0v) is 45.3. The van der Waals surface area contributed by atoms with Crippen molar-refractivity contribution in [3.63, 3.8) is 0 Å². The molecule has 74 heavy (non-hydrogen) atoms. The summed E-state index contributed by atoms with van der Waals surface area (Å²) in [5, 5.41) is 72.3. The highest BCUT2D eigenvalue weighted by molar-refractivity contribution is 5.70. The molecule has 0 aliphatic carbocycles. The van der Waals surface area contributed by atoms with Crippen molar-refractivity contribution in [2.45, 2.75) is 261 Å². The summed E-state index contributed by atoms with van der Waals surface area (Å²) in [5.74, 6) is -0.948. The van der Waals surface area contributed by atoms with Crippen LogP contribution in [-0.2, 0) is 38.0 Å². The molecule has 2 heterocycles. The van der Waals surface area contributed by atoms with E-state index in [-0.39, 0.29) is 19.4 Å². The van der Waals surface area contributed by atoms with E-state index in [1.807, 2.05) is 0 Å². The van der Waals surface area contributed by atoms with Gasteiger partial charge in [-0.25, -0.2) is 0 Å². The van der Waals surface area contributed by atoms with Crippen molar-refractivity contribution in [1.82, 2.24) is 0 Å². The summed E-state index contributed by atoms with van der Waals surface area (Å²) in [6.07, 6.45) is 37.7. The highest BCUT2D eigenvalue weighted by atomic mass is 16.7. The van der Waals surface area contributed by atoms with Crippen molar-refractivity contribution in [3.05, 3.63) is 72.9 Å². The van der Waals surface area contributed by atoms with Crippen molar-refractivity contribution in [3.8, 4) is 0 Å². The molecule has 11 atom stereocenters. The maximum absolute atomic E-state index is 13.1. The van der Waals surface area contributed by atoms with Gasteiger partial charge in [0.25, 0.3) is 0 Å². The van der Waals surface area contributed by atoms with Gasteiger partial charge in [0.2, 0.25) is 0 Å². The summed E-state index contributed by atoms with van der Waals surface area (Å²) >= 11 is 0. The molecule has 2 fully saturated rings. The van der Waals surface area contributed by atoms with E-state index < -0.39 is 99.3 Å². The molecule has 2 rings (SSSR count). The first kappa shape index (κ1) is 67.1. The number of allylic oxidation sites excluding steroid dienone is 12. The zero-order valence-electron chi connectivity index (χ0n) is 45.3. The van der Waals surface area contributed by atoms with Crippen LogP contribution in [0.2, 0.25) is 0 Å². The quantitative estimate of drug-likeness (QED) is 0.0171. The lowest BCUT2D eigenvalue weighted by atomic mass is 9.98. The van der Waals surface area contributed by atoms with E-state index in [4.69, 9.17) is 28.4 Å². The summed E-state index contributed by atoms with van der Waals surface area (Å²) in [7, 11) is 0. The third-order valence-electron chi connectivity index (χ3n) is 13.2. The van der Waals surface area contributed by atoms with Gasteiger partial charge in [0.1, 0.15) is 55.4 Å². The highest BCUT2D eigenvalue weighted by Gasteiger charge is 2.47. The average molecular weight is 1050 g/mol. The number of aliphatic hydroxyl groups excluding tert-OH is 7. The molecule has 0 amide bonds. The Morgan fingerprint density at radius 3 is 1.34 bits per heavy atom. The molecule has 0 aromatic heterocycles. The molecular formula is C59H100O15. The summed E-state index contributed by atoms with van der Waals surface area (Å²) in [4.78, 5) is 25.9. The second-order valence-electron chi connectivity index (χ2n) is 19.7. The molecule has 15 nitrogen and oxygen atoms in total. The normalized spacial score (nSPS) is 25.2. The molecular weight excluding hydrogens is 949 g/mol. The van der Waals surface area contributed by atoms with Gasteiger partial charge in [-0.3, -0.25) is 9.59 Å². The number of unbranched alkanes of at least 4 members (excludes halogenated alkanes) is 18. The van der Waals surface area contributed by atoms with Crippen molar-refractivity contribution >= 4 is 11.9 Å². The van der Waals surface area contributed by atoms with Gasteiger partial charge >= 0.3 is 11.9 Å². The lowest BCUT2D eigenvalue weighted by molar-refractivity contribution is -0.332. The summed E-state index contributed by atoms with van der Waals surface area (Å²) in [6, 6.07) is 0. The van der Waals surface area contributed by atoms with Crippen LogP contribution in [0.4, 0.5) is 0 Å². The van der Waals surface area contributed by atoms with Gasteiger partial charge in [0, 0.05) is 12.8 Å². The average Bonchev–Trinajstić information content (AvgIpc) is 3.39.